The van der Waals surface area contributed by atoms with Crippen LogP contribution in [0.4, 0.5) is 30.6 Å². The zero-order chi connectivity index (χ0) is 72.3. The van der Waals surface area contributed by atoms with Crippen molar-refractivity contribution in [3.8, 4) is 33.8 Å². The lowest BCUT2D eigenvalue weighted by Gasteiger charge is -2.23. The van der Waals surface area contributed by atoms with Gasteiger partial charge < -0.3 is 31.9 Å². The van der Waals surface area contributed by atoms with E-state index >= 15 is 0 Å². The number of pyridine rings is 5. The Bertz CT molecular complexity index is 4860. The highest BCUT2D eigenvalue weighted by Gasteiger charge is 2.27. The lowest BCUT2D eigenvalue weighted by Crippen LogP contribution is -2.20. The van der Waals surface area contributed by atoms with Crippen LogP contribution in [0.15, 0.2) is 159 Å². The number of anilines is 3. The van der Waals surface area contributed by atoms with Gasteiger partial charge in [0.05, 0.1) is 68.9 Å². The van der Waals surface area contributed by atoms with Crippen molar-refractivity contribution in [2.45, 2.75) is 102 Å². The van der Waals surface area contributed by atoms with E-state index in [2.05, 4.69) is 130 Å². The van der Waals surface area contributed by atoms with Gasteiger partial charge in [-0.15, -0.1) is 0 Å². The number of para-hydroxylation sites is 3. The van der Waals surface area contributed by atoms with E-state index in [1.807, 2.05) is 105 Å². The minimum Gasteiger partial charge on any atom is -0.369 e. The molecule has 9 heterocycles. The summed E-state index contributed by atoms with van der Waals surface area (Å²) in [4.78, 5) is 93.9. The molecule has 22 nitrogen and oxygen atoms in total. The summed E-state index contributed by atoms with van der Waals surface area (Å²) in [6.07, 6.45) is 21.2. The van der Waals surface area contributed by atoms with Crippen LogP contribution < -0.4 is 31.9 Å². The molecule has 3 aromatic carbocycles. The molecule has 0 spiro atoms. The van der Waals surface area contributed by atoms with Crippen LogP contribution in [-0.4, -0.2) is 123 Å². The lowest BCUT2D eigenvalue weighted by atomic mass is 9.85. The predicted molar refractivity (Wildman–Crippen MR) is 423 cm³/mol. The standard InChI is InChI=1S/C26H26FN7O.C26H25FN6O.C26H27FN6O.3H2S/c1-15(18-7-4-8-19-23(26(35)28-2)20(27)13-30-24(18)19)10-29-22-9-21(33-14-34-22)17-11-31-25(32-12-17)16-5-3-6-16;1-15(18-4-3-5-19-24(26(34)28-2)20(27)13-31-25(18)19)11-30-23-10-22(32-14-33-23)17-8-9-21(29-12-17)16-6-7-16;1-15(2)21-9-8-17(12-29-21)22-10-23(33-14-32-22)30-11-16(3)18-6-5-7-19-24(26(34)28-4)20(27)13-31-25(18)19;;;/h4,7-9,11-16H,3,5-6,10H2,1-2H3,(H,28,35)(H,29,33,34);3-5,8-10,12-16H,6-7,11H2,1-2H3,(H,28,34)(H,30,32,33);5-10,12-16H,11H2,1-4H3,(H,28,34)(H,30,32,33);3*1H2/t2*15-;16-;;;/m111.../s1. The fourth-order valence-electron chi connectivity index (χ4n) is 12.3. The Hall–Kier alpha value is -10.8. The molecule has 3 amide bonds. The molecule has 0 unspecified atom stereocenters. The highest BCUT2D eigenvalue weighted by atomic mass is 32.1. The molecule has 3 atom stereocenters. The van der Waals surface area contributed by atoms with Crippen LogP contribution in [0.5, 0.6) is 0 Å². The predicted octanol–water partition coefficient (Wildman–Crippen LogP) is 14.4. The summed E-state index contributed by atoms with van der Waals surface area (Å²) < 4.78 is 43.1. The highest BCUT2D eigenvalue weighted by Crippen LogP contribution is 2.40. The molecule has 28 heteroatoms. The molecule has 2 fully saturated rings. The smallest absolute Gasteiger partial charge is 0.254 e. The fraction of sp³-hybridized carbons (Fsp3) is 0.282. The minimum absolute atomic E-state index is 0. The van der Waals surface area contributed by atoms with Gasteiger partial charge in [-0.2, -0.15) is 40.5 Å². The normalized spacial score (nSPS) is 13.1. The summed E-state index contributed by atoms with van der Waals surface area (Å²) in [5.41, 5.74) is 11.8. The molecule has 0 aliphatic heterocycles. The van der Waals surface area contributed by atoms with Gasteiger partial charge in [0.25, 0.3) is 17.7 Å². The van der Waals surface area contributed by atoms with Gasteiger partial charge in [-0.3, -0.25) is 39.3 Å². The van der Waals surface area contributed by atoms with Gasteiger partial charge in [0.15, 0.2) is 17.5 Å². The van der Waals surface area contributed by atoms with Crippen LogP contribution in [0.2, 0.25) is 0 Å². The van der Waals surface area contributed by atoms with E-state index < -0.39 is 35.2 Å². The third kappa shape index (κ3) is 18.3. The van der Waals surface area contributed by atoms with E-state index in [4.69, 9.17) is 0 Å². The number of benzene rings is 3. The van der Waals surface area contributed by atoms with Crippen molar-refractivity contribution in [3.63, 3.8) is 0 Å². The number of carbonyl (C=O) groups excluding carboxylic acids is 3. The number of halogens is 3. The van der Waals surface area contributed by atoms with Crippen molar-refractivity contribution in [2.75, 3.05) is 56.7 Å². The summed E-state index contributed by atoms with van der Waals surface area (Å²) in [6, 6.07) is 30.3. The molecule has 548 valence electrons. The molecule has 2 aliphatic rings. The lowest BCUT2D eigenvalue weighted by molar-refractivity contribution is 0.0952. The molecule has 2 aliphatic carbocycles. The third-order valence-corrected chi connectivity index (χ3v) is 18.6. The van der Waals surface area contributed by atoms with Crippen molar-refractivity contribution in [1.82, 2.24) is 80.7 Å². The summed E-state index contributed by atoms with van der Waals surface area (Å²) in [5, 5.41) is 19.0. The molecule has 0 saturated heterocycles. The molecule has 0 bridgehead atoms. The number of aromatic nitrogens is 13. The summed E-state index contributed by atoms with van der Waals surface area (Å²) in [5.74, 6) is 1.16. The maximum atomic E-state index is 14.4. The maximum absolute atomic E-state index is 14.4. The number of rotatable bonds is 21. The van der Waals surface area contributed by atoms with Crippen molar-refractivity contribution in [1.29, 1.82) is 0 Å². The van der Waals surface area contributed by atoms with E-state index in [0.29, 0.717) is 87.6 Å². The van der Waals surface area contributed by atoms with Crippen LogP contribution in [-0.2, 0) is 0 Å². The Balaban J connectivity index is 0.000000181. The molecule has 2 saturated carbocycles. The second kappa shape index (κ2) is 36.2. The molecule has 6 N–H and O–H groups in total. The number of hydrogen-bond donors (Lipinski definition) is 6. The monoisotopic (exact) mass is 1490 g/mol. The van der Waals surface area contributed by atoms with Gasteiger partial charge in [-0.05, 0) is 72.6 Å². The number of nitrogens with zero attached hydrogens (tertiary/aromatic N) is 13. The molecule has 14 rings (SSSR count). The van der Waals surface area contributed by atoms with E-state index in [1.54, 1.807) is 18.2 Å². The van der Waals surface area contributed by atoms with Gasteiger partial charge >= 0.3 is 0 Å². The van der Waals surface area contributed by atoms with Crippen LogP contribution >= 0.6 is 40.5 Å². The number of hydrogen-bond acceptors (Lipinski definition) is 19. The first-order valence-electron chi connectivity index (χ1n) is 34.3. The molecular weight excluding hydrogens is 1400 g/mol. The fourth-order valence-corrected chi connectivity index (χ4v) is 12.3. The molecule has 12 aromatic rings. The van der Waals surface area contributed by atoms with E-state index in [1.165, 1.54) is 59.4 Å². The molecule has 9 aromatic heterocycles. The van der Waals surface area contributed by atoms with Crippen molar-refractivity contribution in [3.05, 3.63) is 227 Å². The second-order valence-electron chi connectivity index (χ2n) is 26.0. The maximum Gasteiger partial charge on any atom is 0.254 e. The van der Waals surface area contributed by atoms with Crippen LogP contribution in [0.3, 0.4) is 0 Å². The molecule has 106 heavy (non-hydrogen) atoms. The van der Waals surface area contributed by atoms with Crippen molar-refractivity contribution < 1.29 is 27.6 Å². The largest absolute Gasteiger partial charge is 0.369 e. The van der Waals surface area contributed by atoms with Crippen molar-refractivity contribution >= 4 is 108 Å². The summed E-state index contributed by atoms with van der Waals surface area (Å²) in [7, 11) is 4.45. The Morgan fingerprint density at radius 3 is 1.09 bits per heavy atom. The van der Waals surface area contributed by atoms with Gasteiger partial charge in [0.1, 0.15) is 42.3 Å². The van der Waals surface area contributed by atoms with E-state index in [-0.39, 0.29) is 74.9 Å². The minimum atomic E-state index is -0.641. The zero-order valence-corrected chi connectivity index (χ0v) is 62.8. The van der Waals surface area contributed by atoms with Gasteiger partial charge in [-0.25, -0.2) is 53.0 Å². The molecular formula is C78H84F3N19O3S3. The topological polar surface area (TPSA) is 291 Å². The number of nitrogens with one attached hydrogen (secondary N) is 6. The van der Waals surface area contributed by atoms with E-state index in [9.17, 15) is 27.6 Å². The summed E-state index contributed by atoms with van der Waals surface area (Å²) in [6.45, 7) is 12.0. The third-order valence-electron chi connectivity index (χ3n) is 18.6. The van der Waals surface area contributed by atoms with E-state index in [0.717, 1.165) is 99.1 Å². The quantitative estimate of drug-likeness (QED) is 0.0390. The van der Waals surface area contributed by atoms with Crippen LogP contribution in [0, 0.1) is 17.5 Å². The van der Waals surface area contributed by atoms with Crippen molar-refractivity contribution in [2.24, 2.45) is 0 Å². The first-order chi connectivity index (χ1) is 50.0. The van der Waals surface area contributed by atoms with Gasteiger partial charge in [-0.1, -0.05) is 95.6 Å². The Labute approximate surface area is 633 Å². The van der Waals surface area contributed by atoms with Crippen LogP contribution in [0.25, 0.3) is 66.5 Å². The van der Waals surface area contributed by atoms with Gasteiger partial charge in [0.2, 0.25) is 0 Å². The highest BCUT2D eigenvalue weighted by molar-refractivity contribution is 7.59. The average molecular weight is 1490 g/mol. The first-order valence-corrected chi connectivity index (χ1v) is 34.3. The van der Waals surface area contributed by atoms with Crippen LogP contribution in [0.1, 0.15) is 167 Å². The molecule has 0 radical (unpaired) electrons. The number of carbonyl (C=O) groups is 3. The number of amides is 3. The SMILES string of the molecule is CNC(=O)c1c(F)cnc2c([C@H](C)CNc3cc(-c4ccc(C(C)C)nc4)ncn3)cccc12.CNC(=O)c1c(F)cnc2c([C@H](C)CNc3cc(-c4ccc(C5CC5)nc4)ncn3)cccc12.CNC(=O)c1c(F)cnc2c([C@H](C)CNc3cc(-c4cnc(C5CCC5)nc4)ncn3)cccc12.S.S.S. The Kier molecular flexibility index (Phi) is 27.1. The Morgan fingerprint density at radius 1 is 0.406 bits per heavy atom. The number of fused-ring (bicyclic) bond motifs is 3. The first kappa shape index (κ1) is 79.3. The summed E-state index contributed by atoms with van der Waals surface area (Å²) >= 11 is 0. The Morgan fingerprint density at radius 2 is 0.774 bits per heavy atom. The zero-order valence-electron chi connectivity index (χ0n) is 59.8. The average Bonchev–Trinajstić information content (AvgIpc) is 1.61. The van der Waals surface area contributed by atoms with Gasteiger partial charge in [0, 0.05) is 158 Å². The second-order valence-corrected chi connectivity index (χ2v) is 26.0.